The van der Waals surface area contributed by atoms with Gasteiger partial charge >= 0.3 is 5.97 Å². The van der Waals surface area contributed by atoms with Crippen LogP contribution in [0, 0.1) is 6.92 Å². The summed E-state index contributed by atoms with van der Waals surface area (Å²) in [4.78, 5) is 22.0. The van der Waals surface area contributed by atoms with Crippen LogP contribution in [0.3, 0.4) is 0 Å². The molecular formula is C21H22BrN3O3S. The third-order valence-corrected chi connectivity index (χ3v) is 6.02. The van der Waals surface area contributed by atoms with Crippen LogP contribution in [0.2, 0.25) is 0 Å². The van der Waals surface area contributed by atoms with E-state index >= 15 is 0 Å². The maximum Gasteiger partial charge on any atom is 0.348 e. The summed E-state index contributed by atoms with van der Waals surface area (Å²) in [5.41, 5.74) is 3.26. The average Bonchev–Trinajstić information content (AvgIpc) is 3.07. The number of anilines is 1. The van der Waals surface area contributed by atoms with Crippen molar-refractivity contribution in [3.63, 3.8) is 0 Å². The first-order chi connectivity index (χ1) is 13.9. The number of pyridine rings is 1. The molecule has 0 aliphatic carbocycles. The Morgan fingerprint density at radius 2 is 2.03 bits per heavy atom. The molecule has 0 bridgehead atoms. The molecule has 3 N–H and O–H groups in total. The Balaban J connectivity index is 2.09. The molecule has 8 heteroatoms. The van der Waals surface area contributed by atoms with E-state index in [0.29, 0.717) is 35.7 Å². The van der Waals surface area contributed by atoms with Gasteiger partial charge in [-0.25, -0.2) is 9.78 Å². The van der Waals surface area contributed by atoms with Crippen molar-refractivity contribution in [2.75, 3.05) is 18.5 Å². The van der Waals surface area contributed by atoms with E-state index in [1.807, 2.05) is 44.2 Å². The van der Waals surface area contributed by atoms with Crippen molar-refractivity contribution < 1.29 is 15.0 Å². The number of aromatic nitrogens is 1. The summed E-state index contributed by atoms with van der Waals surface area (Å²) in [6.07, 6.45) is 1.20. The fourth-order valence-electron chi connectivity index (χ4n) is 2.99. The molecule has 2 heterocycles. The molecule has 1 aromatic carbocycles. The number of aryl methyl sites for hydroxylation is 1. The number of aliphatic hydroxyl groups excluding tert-OH is 1. The van der Waals surface area contributed by atoms with Crippen LogP contribution < -0.4 is 5.32 Å². The Labute approximate surface area is 181 Å². The molecule has 0 amide bonds. The summed E-state index contributed by atoms with van der Waals surface area (Å²) in [6, 6.07) is 9.84. The number of thiophene rings is 1. The summed E-state index contributed by atoms with van der Waals surface area (Å²) in [5, 5.41) is 22.7. The largest absolute Gasteiger partial charge is 0.477 e. The van der Waals surface area contributed by atoms with Crippen molar-refractivity contribution in [2.45, 2.75) is 26.7 Å². The Bertz CT molecular complexity index is 1060. The fourth-order valence-corrected chi connectivity index (χ4v) is 4.30. The van der Waals surface area contributed by atoms with E-state index in [1.54, 1.807) is 0 Å². The number of rotatable bonds is 7. The second-order valence-corrected chi connectivity index (χ2v) is 8.42. The number of halogens is 1. The van der Waals surface area contributed by atoms with E-state index in [-0.39, 0.29) is 11.5 Å². The van der Waals surface area contributed by atoms with Crippen molar-refractivity contribution in [2.24, 2.45) is 4.99 Å². The third kappa shape index (κ3) is 4.83. The number of nitrogens with zero attached hydrogens (tertiary/aromatic N) is 2. The minimum absolute atomic E-state index is 0.0735. The van der Waals surface area contributed by atoms with Crippen LogP contribution in [0.15, 0.2) is 39.8 Å². The molecule has 0 aliphatic rings. The highest BCUT2D eigenvalue weighted by atomic mass is 79.9. The van der Waals surface area contributed by atoms with E-state index in [4.69, 9.17) is 10.1 Å². The molecule has 0 radical (unpaired) electrons. The number of aliphatic hydroxyl groups is 1. The average molecular weight is 476 g/mol. The van der Waals surface area contributed by atoms with Gasteiger partial charge in [0, 0.05) is 35.0 Å². The third-order valence-electron chi connectivity index (χ3n) is 4.42. The number of hydrogen-bond donors (Lipinski definition) is 3. The zero-order valence-corrected chi connectivity index (χ0v) is 18.6. The number of fused-ring (bicyclic) bond motifs is 1. The van der Waals surface area contributed by atoms with Crippen LogP contribution in [-0.2, 0) is 0 Å². The van der Waals surface area contributed by atoms with Crippen molar-refractivity contribution in [1.29, 1.82) is 0 Å². The molecule has 29 heavy (non-hydrogen) atoms. The number of nitrogens with one attached hydrogen (secondary N) is 1. The summed E-state index contributed by atoms with van der Waals surface area (Å²) in [5.74, 6) is -0.303. The molecule has 0 aliphatic heterocycles. The van der Waals surface area contributed by atoms with Crippen molar-refractivity contribution in [1.82, 2.24) is 4.98 Å². The second-order valence-electron chi connectivity index (χ2n) is 6.51. The normalized spacial score (nSPS) is 11.8. The molecule has 2 aromatic heterocycles. The van der Waals surface area contributed by atoms with E-state index < -0.39 is 5.97 Å². The van der Waals surface area contributed by atoms with E-state index in [0.717, 1.165) is 38.0 Å². The molecule has 0 unspecified atom stereocenters. The molecule has 6 nitrogen and oxygen atoms in total. The number of carbonyl (C=O) groups is 1. The van der Waals surface area contributed by atoms with Crippen LogP contribution in [0.4, 0.5) is 5.69 Å². The number of benzene rings is 1. The summed E-state index contributed by atoms with van der Waals surface area (Å²) in [7, 11) is 0. The van der Waals surface area contributed by atoms with Crippen LogP contribution in [-0.4, -0.2) is 40.2 Å². The van der Waals surface area contributed by atoms with Gasteiger partial charge in [-0.3, -0.25) is 4.99 Å². The monoisotopic (exact) mass is 475 g/mol. The Hall–Kier alpha value is -2.29. The summed E-state index contributed by atoms with van der Waals surface area (Å²) >= 11 is 4.60. The minimum atomic E-state index is -0.995. The molecule has 0 saturated heterocycles. The molecule has 3 rings (SSSR count). The Kier molecular flexibility index (Phi) is 7.00. The first kappa shape index (κ1) is 21.4. The molecule has 3 aromatic rings. The topological polar surface area (TPSA) is 94.8 Å². The van der Waals surface area contributed by atoms with Crippen LogP contribution in [0.5, 0.6) is 0 Å². The lowest BCUT2D eigenvalue weighted by atomic mass is 10.1. The number of carboxylic acids is 1. The van der Waals surface area contributed by atoms with Gasteiger partial charge in [0.15, 0.2) is 0 Å². The van der Waals surface area contributed by atoms with Crippen LogP contribution >= 0.6 is 27.3 Å². The predicted octanol–water partition coefficient (Wildman–Crippen LogP) is 5.34. The molecule has 0 fully saturated rings. The molecule has 0 saturated carbocycles. The maximum absolute atomic E-state index is 11.9. The quantitative estimate of drug-likeness (QED) is 0.243. The lowest BCUT2D eigenvalue weighted by Gasteiger charge is -2.11. The number of carboxylic acid groups (broad SMARTS) is 1. The lowest BCUT2D eigenvalue weighted by molar-refractivity contribution is 0.0703. The van der Waals surface area contributed by atoms with Gasteiger partial charge in [-0.15, -0.1) is 11.3 Å². The number of hydrogen-bond acceptors (Lipinski definition) is 5. The second kappa shape index (κ2) is 9.47. The molecular weight excluding hydrogens is 454 g/mol. The Morgan fingerprint density at radius 3 is 2.66 bits per heavy atom. The van der Waals surface area contributed by atoms with Gasteiger partial charge < -0.3 is 15.5 Å². The van der Waals surface area contributed by atoms with Crippen molar-refractivity contribution in [3.05, 3.63) is 45.2 Å². The first-order valence-electron chi connectivity index (χ1n) is 9.29. The molecule has 0 atom stereocenters. The minimum Gasteiger partial charge on any atom is -0.477 e. The van der Waals surface area contributed by atoms with E-state index in [1.165, 1.54) is 0 Å². The highest BCUT2D eigenvalue weighted by molar-refractivity contribution is 9.10. The van der Waals surface area contributed by atoms with Crippen LogP contribution in [0.25, 0.3) is 21.5 Å². The van der Waals surface area contributed by atoms with Gasteiger partial charge in [-0.1, -0.05) is 35.0 Å². The van der Waals surface area contributed by atoms with E-state index in [2.05, 4.69) is 26.2 Å². The van der Waals surface area contributed by atoms with Gasteiger partial charge in [0.25, 0.3) is 0 Å². The number of aliphatic imine (C=N–C) groups is 1. The van der Waals surface area contributed by atoms with Gasteiger partial charge in [0.2, 0.25) is 0 Å². The predicted molar refractivity (Wildman–Crippen MR) is 122 cm³/mol. The zero-order valence-electron chi connectivity index (χ0n) is 16.2. The van der Waals surface area contributed by atoms with Crippen LogP contribution in [0.1, 0.15) is 35.0 Å². The van der Waals surface area contributed by atoms with Gasteiger partial charge in [-0.2, -0.15) is 0 Å². The standard InChI is InChI=1S/C21H22BrN3O3S/c1-3-16(23-9-4-10-26)25-18-17-12(2)11-15(13-5-7-14(22)8-6-13)24-20(17)29-19(18)21(27)28/h5-8,11,26H,3-4,9-10H2,1-2H3,(H,23,25)(H,27,28). The molecule has 0 spiro atoms. The lowest BCUT2D eigenvalue weighted by Crippen LogP contribution is -2.14. The molecule has 152 valence electrons. The van der Waals surface area contributed by atoms with Gasteiger partial charge in [-0.05, 0) is 37.1 Å². The summed E-state index contributed by atoms with van der Waals surface area (Å²) in [6.45, 7) is 4.48. The highest BCUT2D eigenvalue weighted by Gasteiger charge is 2.22. The highest BCUT2D eigenvalue weighted by Crippen LogP contribution is 2.39. The van der Waals surface area contributed by atoms with Gasteiger partial charge in [0.1, 0.15) is 15.5 Å². The number of aromatic carboxylic acids is 1. The summed E-state index contributed by atoms with van der Waals surface area (Å²) < 4.78 is 0.988. The smallest absolute Gasteiger partial charge is 0.348 e. The fraction of sp³-hybridized carbons (Fsp3) is 0.286. The Morgan fingerprint density at radius 1 is 1.31 bits per heavy atom. The van der Waals surface area contributed by atoms with Crippen molar-refractivity contribution in [3.8, 4) is 11.3 Å². The SMILES string of the molecule is CCC(=NCCCO)Nc1c(C(=O)O)sc2nc(-c3ccc(Br)cc3)cc(C)c12. The number of amidine groups is 1. The maximum atomic E-state index is 11.9. The van der Waals surface area contributed by atoms with Crippen molar-refractivity contribution >= 4 is 55.0 Å². The zero-order chi connectivity index (χ0) is 21.0. The first-order valence-corrected chi connectivity index (χ1v) is 10.9. The van der Waals surface area contributed by atoms with E-state index in [9.17, 15) is 9.90 Å². The van der Waals surface area contributed by atoms with Gasteiger partial charge in [0.05, 0.1) is 11.4 Å².